The minimum atomic E-state index is -4.39. The molecule has 0 saturated heterocycles. The lowest BCUT2D eigenvalue weighted by atomic mass is 9.92. The molecule has 0 aromatic carbocycles. The molecule has 0 radical (unpaired) electrons. The summed E-state index contributed by atoms with van der Waals surface area (Å²) in [5, 5.41) is 15.7. The van der Waals surface area contributed by atoms with Gasteiger partial charge in [-0.2, -0.15) is 18.3 Å². The highest BCUT2D eigenvalue weighted by Gasteiger charge is 2.37. The quantitative estimate of drug-likeness (QED) is 0.815. The van der Waals surface area contributed by atoms with E-state index in [4.69, 9.17) is 5.11 Å². The van der Waals surface area contributed by atoms with Gasteiger partial charge in [0.1, 0.15) is 6.54 Å². The summed E-state index contributed by atoms with van der Waals surface area (Å²) in [6, 6.07) is 0. The minimum Gasteiger partial charge on any atom is -0.481 e. The number of amides is 1. The highest BCUT2D eigenvalue weighted by molar-refractivity contribution is 5.81. The first-order valence-corrected chi connectivity index (χ1v) is 8.14. The molecule has 2 rings (SSSR count). The molecule has 0 bridgehead atoms. The molecule has 1 heterocycles. The number of halogens is 3. The van der Waals surface area contributed by atoms with Crippen molar-refractivity contribution in [3.63, 3.8) is 0 Å². The van der Waals surface area contributed by atoms with E-state index in [1.54, 1.807) is 6.92 Å². The predicted octanol–water partition coefficient (Wildman–Crippen LogP) is 2.51. The number of nitrogens with zero attached hydrogens (tertiary/aromatic N) is 2. The number of alkyl halides is 3. The SMILES string of the molecule is Cc1nn(CC(F)(F)F)c(C)c1CC(=O)NC1(CC(=O)O)CCCC1. The Balaban J connectivity index is 2.11. The Morgan fingerprint density at radius 3 is 2.40 bits per heavy atom. The van der Waals surface area contributed by atoms with E-state index < -0.39 is 24.2 Å². The van der Waals surface area contributed by atoms with Crippen LogP contribution in [-0.2, 0) is 22.6 Å². The summed E-state index contributed by atoms with van der Waals surface area (Å²) in [6.45, 7) is 1.85. The molecule has 6 nitrogen and oxygen atoms in total. The van der Waals surface area contributed by atoms with Crippen molar-refractivity contribution in [2.75, 3.05) is 0 Å². The van der Waals surface area contributed by atoms with Crippen LogP contribution < -0.4 is 5.32 Å². The van der Waals surface area contributed by atoms with Gasteiger partial charge in [-0.25, -0.2) is 0 Å². The van der Waals surface area contributed by atoms with Crippen molar-refractivity contribution in [2.24, 2.45) is 0 Å². The van der Waals surface area contributed by atoms with Gasteiger partial charge in [-0.15, -0.1) is 0 Å². The van der Waals surface area contributed by atoms with Gasteiger partial charge in [0.15, 0.2) is 0 Å². The van der Waals surface area contributed by atoms with Crippen molar-refractivity contribution in [1.82, 2.24) is 15.1 Å². The summed E-state index contributed by atoms with van der Waals surface area (Å²) in [6.07, 6.45) is -1.78. The molecule has 1 aromatic rings. The maximum atomic E-state index is 12.6. The Labute approximate surface area is 143 Å². The van der Waals surface area contributed by atoms with Gasteiger partial charge < -0.3 is 10.4 Å². The highest BCUT2D eigenvalue weighted by Crippen LogP contribution is 2.33. The lowest BCUT2D eigenvalue weighted by molar-refractivity contribution is -0.143. The van der Waals surface area contributed by atoms with Crippen LogP contribution in [0.2, 0.25) is 0 Å². The molecule has 1 aliphatic rings. The number of hydrogen-bond acceptors (Lipinski definition) is 3. The molecule has 1 aromatic heterocycles. The fraction of sp³-hybridized carbons (Fsp3) is 0.688. The molecule has 140 valence electrons. The molecule has 1 fully saturated rings. The van der Waals surface area contributed by atoms with Gasteiger partial charge in [-0.1, -0.05) is 12.8 Å². The molecular formula is C16H22F3N3O3. The van der Waals surface area contributed by atoms with Crippen LogP contribution in [0, 0.1) is 13.8 Å². The topological polar surface area (TPSA) is 84.2 Å². The number of hydrogen-bond donors (Lipinski definition) is 2. The van der Waals surface area contributed by atoms with E-state index in [1.165, 1.54) is 6.92 Å². The van der Waals surface area contributed by atoms with Crippen LogP contribution in [0.4, 0.5) is 13.2 Å². The molecule has 2 N–H and O–H groups in total. The number of aryl methyl sites for hydroxylation is 1. The second kappa shape index (κ2) is 7.05. The smallest absolute Gasteiger partial charge is 0.408 e. The Kier molecular flexibility index (Phi) is 5.43. The third-order valence-electron chi connectivity index (χ3n) is 4.65. The van der Waals surface area contributed by atoms with Crippen LogP contribution in [0.25, 0.3) is 0 Å². The molecule has 0 atom stereocenters. The van der Waals surface area contributed by atoms with Crippen molar-refractivity contribution in [3.8, 4) is 0 Å². The summed E-state index contributed by atoms with van der Waals surface area (Å²) in [7, 11) is 0. The van der Waals surface area contributed by atoms with E-state index in [-0.39, 0.29) is 18.7 Å². The maximum absolute atomic E-state index is 12.6. The summed E-state index contributed by atoms with van der Waals surface area (Å²) >= 11 is 0. The van der Waals surface area contributed by atoms with E-state index in [0.29, 0.717) is 29.8 Å². The van der Waals surface area contributed by atoms with Crippen LogP contribution in [0.3, 0.4) is 0 Å². The number of rotatable bonds is 6. The van der Waals surface area contributed by atoms with Crippen molar-refractivity contribution in [1.29, 1.82) is 0 Å². The first-order chi connectivity index (χ1) is 11.5. The molecular weight excluding hydrogens is 339 g/mol. The monoisotopic (exact) mass is 361 g/mol. The molecule has 0 unspecified atom stereocenters. The van der Waals surface area contributed by atoms with Gasteiger partial charge >= 0.3 is 12.1 Å². The van der Waals surface area contributed by atoms with Crippen molar-refractivity contribution in [2.45, 2.75) is 70.6 Å². The Hall–Kier alpha value is -2.06. The van der Waals surface area contributed by atoms with Crippen LogP contribution in [0.1, 0.15) is 49.1 Å². The first-order valence-electron chi connectivity index (χ1n) is 8.14. The van der Waals surface area contributed by atoms with Gasteiger partial charge in [-0.3, -0.25) is 14.3 Å². The van der Waals surface area contributed by atoms with Gasteiger partial charge in [0.2, 0.25) is 5.91 Å². The fourth-order valence-electron chi connectivity index (χ4n) is 3.50. The van der Waals surface area contributed by atoms with E-state index in [0.717, 1.165) is 17.5 Å². The molecule has 1 amide bonds. The molecule has 25 heavy (non-hydrogen) atoms. The standard InChI is InChI=1S/C16H22F3N3O3/c1-10-12(11(2)22(21-10)9-16(17,18)19)7-13(23)20-15(8-14(24)25)5-3-4-6-15/h3-9H2,1-2H3,(H,20,23)(H,24,25). The van der Waals surface area contributed by atoms with Crippen LogP contribution >= 0.6 is 0 Å². The average molecular weight is 361 g/mol. The van der Waals surface area contributed by atoms with Crippen LogP contribution in [0.5, 0.6) is 0 Å². The van der Waals surface area contributed by atoms with Crippen molar-refractivity contribution < 1.29 is 27.9 Å². The lowest BCUT2D eigenvalue weighted by Crippen LogP contribution is -2.48. The predicted molar refractivity (Wildman–Crippen MR) is 83.1 cm³/mol. The summed E-state index contributed by atoms with van der Waals surface area (Å²) in [4.78, 5) is 23.5. The Bertz CT molecular complexity index is 662. The number of carbonyl (C=O) groups is 2. The number of carboxylic acids is 1. The molecule has 1 saturated carbocycles. The number of carbonyl (C=O) groups excluding carboxylic acids is 1. The van der Waals surface area contributed by atoms with E-state index in [2.05, 4.69) is 10.4 Å². The normalized spacial score (nSPS) is 16.8. The molecule has 9 heteroatoms. The Morgan fingerprint density at radius 1 is 1.28 bits per heavy atom. The largest absolute Gasteiger partial charge is 0.481 e. The number of nitrogens with one attached hydrogen (secondary N) is 1. The zero-order valence-corrected chi connectivity index (χ0v) is 14.2. The molecule has 0 aliphatic heterocycles. The second-order valence-electron chi connectivity index (χ2n) is 6.71. The van der Waals surface area contributed by atoms with Crippen LogP contribution in [0.15, 0.2) is 0 Å². The van der Waals surface area contributed by atoms with Gasteiger partial charge in [-0.05, 0) is 26.7 Å². The summed E-state index contributed by atoms with van der Waals surface area (Å²) in [5.41, 5.74) is 0.358. The van der Waals surface area contributed by atoms with Gasteiger partial charge in [0.05, 0.1) is 24.1 Å². The third kappa shape index (κ3) is 4.96. The van der Waals surface area contributed by atoms with Gasteiger partial charge in [0.25, 0.3) is 0 Å². The van der Waals surface area contributed by atoms with Gasteiger partial charge in [0, 0.05) is 11.3 Å². The third-order valence-corrected chi connectivity index (χ3v) is 4.65. The van der Waals surface area contributed by atoms with Crippen molar-refractivity contribution >= 4 is 11.9 Å². The maximum Gasteiger partial charge on any atom is 0.408 e. The lowest BCUT2D eigenvalue weighted by Gasteiger charge is -2.28. The molecule has 0 spiro atoms. The van der Waals surface area contributed by atoms with E-state index >= 15 is 0 Å². The first kappa shape index (κ1) is 19.3. The zero-order chi connectivity index (χ0) is 18.8. The number of aliphatic carboxylic acids is 1. The summed E-state index contributed by atoms with van der Waals surface area (Å²) < 4.78 is 38.6. The second-order valence-corrected chi connectivity index (χ2v) is 6.71. The van der Waals surface area contributed by atoms with Crippen LogP contribution in [-0.4, -0.2) is 38.5 Å². The number of aromatic nitrogens is 2. The highest BCUT2D eigenvalue weighted by atomic mass is 19.4. The average Bonchev–Trinajstić information content (AvgIpc) is 2.97. The fourth-order valence-corrected chi connectivity index (χ4v) is 3.50. The summed E-state index contributed by atoms with van der Waals surface area (Å²) in [5.74, 6) is -1.37. The Morgan fingerprint density at radius 2 is 1.88 bits per heavy atom. The van der Waals surface area contributed by atoms with E-state index in [9.17, 15) is 22.8 Å². The van der Waals surface area contributed by atoms with Crippen molar-refractivity contribution in [3.05, 3.63) is 17.0 Å². The molecule has 1 aliphatic carbocycles. The van der Waals surface area contributed by atoms with E-state index in [1.807, 2.05) is 0 Å². The number of carboxylic acid groups (broad SMARTS) is 1. The minimum absolute atomic E-state index is 0.114. The zero-order valence-electron chi connectivity index (χ0n) is 14.2.